The Balaban J connectivity index is 0.000000924. The second-order valence-electron chi connectivity index (χ2n) is 5.83. The number of phenolic OH excluding ortho intramolecular Hbond substituents is 1. The normalized spacial score (nSPS) is 22.1. The summed E-state index contributed by atoms with van der Waals surface area (Å²) in [6, 6.07) is 3.10. The molecule has 0 amide bonds. The fourth-order valence-electron chi connectivity index (χ4n) is 2.97. The van der Waals surface area contributed by atoms with Gasteiger partial charge in [0.2, 0.25) is 0 Å². The van der Waals surface area contributed by atoms with Crippen LogP contribution in [0.2, 0.25) is 0 Å². The molecular weight excluding hydrogens is 292 g/mol. The van der Waals surface area contributed by atoms with E-state index in [2.05, 4.69) is 0 Å². The minimum Gasteiger partial charge on any atom is -0.508 e. The number of phenols is 1. The number of ether oxygens (including phenoxy) is 1. The van der Waals surface area contributed by atoms with Crippen molar-refractivity contribution in [1.82, 2.24) is 0 Å². The molecule has 1 heterocycles. The quantitative estimate of drug-likeness (QED) is 0.774. The standard InChI is InChI=1S/C17H18O4.C2H6/c1-8(2)14-13(19)7-5-11-15(20)10-4-6-12(18)9(3)16(10)21-17(11)14;1-2/h4-8,11,13,18-19H,1-3H3;1-2H3. The van der Waals surface area contributed by atoms with Crippen LogP contribution < -0.4 is 4.74 Å². The first-order chi connectivity index (χ1) is 10.9. The Morgan fingerprint density at radius 3 is 2.43 bits per heavy atom. The smallest absolute Gasteiger partial charge is 0.181 e. The average Bonchev–Trinajstić information content (AvgIpc) is 2.53. The largest absolute Gasteiger partial charge is 0.508 e. The summed E-state index contributed by atoms with van der Waals surface area (Å²) in [4.78, 5) is 12.7. The maximum absolute atomic E-state index is 12.7. The van der Waals surface area contributed by atoms with Crippen molar-refractivity contribution in [1.29, 1.82) is 0 Å². The summed E-state index contributed by atoms with van der Waals surface area (Å²) in [7, 11) is 0. The van der Waals surface area contributed by atoms with Crippen molar-refractivity contribution in [2.24, 2.45) is 11.8 Å². The summed E-state index contributed by atoms with van der Waals surface area (Å²) in [5.74, 6) is 0.518. The molecule has 0 spiro atoms. The van der Waals surface area contributed by atoms with Gasteiger partial charge in [-0.25, -0.2) is 0 Å². The zero-order valence-corrected chi connectivity index (χ0v) is 14.3. The molecule has 0 radical (unpaired) electrons. The van der Waals surface area contributed by atoms with E-state index >= 15 is 0 Å². The Morgan fingerprint density at radius 1 is 1.17 bits per heavy atom. The van der Waals surface area contributed by atoms with E-state index < -0.39 is 12.0 Å². The number of aromatic hydroxyl groups is 1. The number of rotatable bonds is 1. The Labute approximate surface area is 137 Å². The number of ketones is 1. The van der Waals surface area contributed by atoms with Gasteiger partial charge in [0.15, 0.2) is 5.78 Å². The van der Waals surface area contributed by atoms with Crippen molar-refractivity contribution >= 4 is 5.78 Å². The highest BCUT2D eigenvalue weighted by Crippen LogP contribution is 2.43. The van der Waals surface area contributed by atoms with E-state index in [-0.39, 0.29) is 17.5 Å². The van der Waals surface area contributed by atoms with Crippen LogP contribution in [0.1, 0.15) is 43.6 Å². The number of carbonyl (C=O) groups excluding carboxylic acids is 1. The third-order valence-electron chi connectivity index (χ3n) is 4.13. The number of carbonyl (C=O) groups is 1. The van der Waals surface area contributed by atoms with Gasteiger partial charge >= 0.3 is 0 Å². The predicted octanol–water partition coefficient (Wildman–Crippen LogP) is 3.76. The van der Waals surface area contributed by atoms with Gasteiger partial charge in [-0.2, -0.15) is 0 Å². The lowest BCUT2D eigenvalue weighted by atomic mass is 9.81. The van der Waals surface area contributed by atoms with Crippen LogP contribution in [0.25, 0.3) is 0 Å². The van der Waals surface area contributed by atoms with Crippen molar-refractivity contribution in [2.75, 3.05) is 0 Å². The Hall–Kier alpha value is -2.07. The molecule has 2 aliphatic rings. The molecule has 1 aromatic carbocycles. The molecule has 0 aromatic heterocycles. The molecule has 4 heteroatoms. The van der Waals surface area contributed by atoms with Crippen LogP contribution in [0.15, 0.2) is 35.6 Å². The average molecular weight is 316 g/mol. The number of aliphatic hydroxyl groups excluding tert-OH is 1. The molecule has 1 aliphatic carbocycles. The van der Waals surface area contributed by atoms with Gasteiger partial charge < -0.3 is 14.9 Å². The van der Waals surface area contributed by atoms with Crippen LogP contribution in [0.3, 0.4) is 0 Å². The number of fused-ring (bicyclic) bond motifs is 2. The van der Waals surface area contributed by atoms with Gasteiger partial charge in [-0.3, -0.25) is 4.79 Å². The molecule has 0 bridgehead atoms. The van der Waals surface area contributed by atoms with Crippen molar-refractivity contribution in [3.63, 3.8) is 0 Å². The van der Waals surface area contributed by atoms with Crippen LogP contribution >= 0.6 is 0 Å². The molecule has 2 atom stereocenters. The number of benzene rings is 1. The van der Waals surface area contributed by atoms with Gasteiger partial charge in [0.25, 0.3) is 0 Å². The van der Waals surface area contributed by atoms with E-state index in [1.807, 2.05) is 27.7 Å². The lowest BCUT2D eigenvalue weighted by molar-refractivity contribution is 0.0909. The minimum absolute atomic E-state index is 0.0596. The Bertz CT molecular complexity index is 683. The summed E-state index contributed by atoms with van der Waals surface area (Å²) >= 11 is 0. The lowest BCUT2D eigenvalue weighted by Crippen LogP contribution is -2.32. The van der Waals surface area contributed by atoms with Gasteiger partial charge in [-0.15, -0.1) is 0 Å². The number of hydrogen-bond donors (Lipinski definition) is 2. The van der Waals surface area contributed by atoms with E-state index in [9.17, 15) is 15.0 Å². The van der Waals surface area contributed by atoms with Crippen molar-refractivity contribution in [2.45, 2.75) is 40.7 Å². The maximum Gasteiger partial charge on any atom is 0.181 e. The zero-order chi connectivity index (χ0) is 17.3. The minimum atomic E-state index is -0.733. The van der Waals surface area contributed by atoms with E-state index in [0.29, 0.717) is 22.6 Å². The van der Waals surface area contributed by atoms with Crippen molar-refractivity contribution in [3.05, 3.63) is 46.7 Å². The number of allylic oxidation sites excluding steroid dienone is 1. The molecule has 124 valence electrons. The highest BCUT2D eigenvalue weighted by atomic mass is 16.5. The molecule has 2 unspecified atom stereocenters. The molecule has 0 saturated carbocycles. The zero-order valence-electron chi connectivity index (χ0n) is 14.3. The third-order valence-corrected chi connectivity index (χ3v) is 4.13. The van der Waals surface area contributed by atoms with Crippen molar-refractivity contribution in [3.8, 4) is 11.5 Å². The van der Waals surface area contributed by atoms with Gasteiger partial charge in [-0.1, -0.05) is 39.8 Å². The molecule has 2 N–H and O–H groups in total. The molecule has 0 saturated heterocycles. The monoisotopic (exact) mass is 316 g/mol. The molecular formula is C19H24O4. The van der Waals surface area contributed by atoms with Gasteiger partial charge in [0.05, 0.1) is 17.6 Å². The fourth-order valence-corrected chi connectivity index (χ4v) is 2.97. The topological polar surface area (TPSA) is 66.8 Å². The third kappa shape index (κ3) is 2.79. The molecule has 0 fully saturated rings. The van der Waals surface area contributed by atoms with Crippen LogP contribution in [-0.4, -0.2) is 22.1 Å². The van der Waals surface area contributed by atoms with E-state index in [1.54, 1.807) is 25.1 Å². The maximum atomic E-state index is 12.7. The summed E-state index contributed by atoms with van der Waals surface area (Å²) in [6.07, 6.45) is 2.60. The lowest BCUT2D eigenvalue weighted by Gasteiger charge is -2.33. The second kappa shape index (κ2) is 6.59. The second-order valence-corrected chi connectivity index (χ2v) is 5.83. The number of Topliss-reactive ketones (excluding diaryl/α,β-unsaturated/α-hetero) is 1. The molecule has 23 heavy (non-hydrogen) atoms. The summed E-state index contributed by atoms with van der Waals surface area (Å²) < 4.78 is 5.95. The molecule has 1 aliphatic heterocycles. The molecule has 3 rings (SSSR count). The van der Waals surface area contributed by atoms with Crippen LogP contribution in [0.4, 0.5) is 0 Å². The van der Waals surface area contributed by atoms with Gasteiger partial charge in [0.1, 0.15) is 17.3 Å². The molecule has 4 nitrogen and oxygen atoms in total. The number of hydrogen-bond acceptors (Lipinski definition) is 4. The summed E-state index contributed by atoms with van der Waals surface area (Å²) in [5, 5.41) is 20.0. The van der Waals surface area contributed by atoms with Gasteiger partial charge in [-0.05, 0) is 25.0 Å². The summed E-state index contributed by atoms with van der Waals surface area (Å²) in [6.45, 7) is 9.63. The Kier molecular flexibility index (Phi) is 4.95. The highest BCUT2D eigenvalue weighted by molar-refractivity contribution is 6.05. The summed E-state index contributed by atoms with van der Waals surface area (Å²) in [5.41, 5.74) is 1.74. The van der Waals surface area contributed by atoms with Gasteiger partial charge in [0, 0.05) is 11.1 Å². The van der Waals surface area contributed by atoms with E-state index in [1.165, 1.54) is 6.07 Å². The van der Waals surface area contributed by atoms with Crippen LogP contribution in [-0.2, 0) is 0 Å². The fraction of sp³-hybridized carbons (Fsp3) is 0.421. The molecule has 1 aromatic rings. The first-order valence-electron chi connectivity index (χ1n) is 8.06. The first-order valence-corrected chi connectivity index (χ1v) is 8.06. The van der Waals surface area contributed by atoms with Crippen molar-refractivity contribution < 1.29 is 19.7 Å². The first kappa shape index (κ1) is 17.3. The predicted molar refractivity (Wildman–Crippen MR) is 89.7 cm³/mol. The van der Waals surface area contributed by atoms with E-state index in [4.69, 9.17) is 4.74 Å². The van der Waals surface area contributed by atoms with E-state index in [0.717, 1.165) is 5.57 Å². The SMILES string of the molecule is CC.Cc1c(O)ccc2c1OC1=C(C(C)C)C(O)C=CC1C2=O. The van der Waals surface area contributed by atoms with Crippen LogP contribution in [0.5, 0.6) is 11.5 Å². The Morgan fingerprint density at radius 2 is 1.83 bits per heavy atom. The highest BCUT2D eigenvalue weighted by Gasteiger charge is 2.38. The van der Waals surface area contributed by atoms with Crippen LogP contribution in [0, 0.1) is 18.8 Å². The number of aliphatic hydroxyl groups is 1.